The average molecular weight is 298 g/mol. The van der Waals surface area contributed by atoms with Gasteiger partial charge in [0, 0.05) is 6.42 Å². The topological polar surface area (TPSA) is 63.6 Å². The molecule has 4 nitrogen and oxygen atoms in total. The van der Waals surface area contributed by atoms with Crippen molar-refractivity contribution in [2.75, 3.05) is 6.61 Å². The molecule has 2 aromatic carbocycles. The van der Waals surface area contributed by atoms with Crippen LogP contribution in [0.25, 0.3) is 10.8 Å². The molecule has 0 aromatic heterocycles. The van der Waals surface area contributed by atoms with Gasteiger partial charge in [-0.3, -0.25) is 4.79 Å². The van der Waals surface area contributed by atoms with Crippen LogP contribution < -0.4 is 0 Å². The van der Waals surface area contributed by atoms with E-state index in [0.717, 1.165) is 16.3 Å². The van der Waals surface area contributed by atoms with Crippen LogP contribution in [0.4, 0.5) is 0 Å². The Labute approximate surface area is 129 Å². The maximum absolute atomic E-state index is 12.3. The highest BCUT2D eigenvalue weighted by Crippen LogP contribution is 2.25. The van der Waals surface area contributed by atoms with Crippen molar-refractivity contribution in [3.8, 4) is 0 Å². The van der Waals surface area contributed by atoms with Crippen LogP contribution in [0.3, 0.4) is 0 Å². The van der Waals surface area contributed by atoms with E-state index in [1.54, 1.807) is 0 Å². The summed E-state index contributed by atoms with van der Waals surface area (Å²) in [5.74, 6) is -1.24. The van der Waals surface area contributed by atoms with Crippen LogP contribution in [-0.4, -0.2) is 23.7 Å². The van der Waals surface area contributed by atoms with Crippen LogP contribution in [0, 0.1) is 0 Å². The second-order valence-electron chi connectivity index (χ2n) is 4.96. The van der Waals surface area contributed by atoms with Gasteiger partial charge < -0.3 is 9.84 Å². The number of carbonyl (C=O) groups is 2. The summed E-state index contributed by atoms with van der Waals surface area (Å²) in [5, 5.41) is 10.5. The maximum Gasteiger partial charge on any atom is 0.339 e. The molecule has 0 aliphatic heterocycles. The lowest BCUT2D eigenvalue weighted by Gasteiger charge is -2.12. The molecule has 0 spiro atoms. The van der Waals surface area contributed by atoms with Crippen molar-refractivity contribution < 1.29 is 19.4 Å². The molecule has 22 heavy (non-hydrogen) atoms. The third-order valence-corrected chi connectivity index (χ3v) is 3.39. The Kier molecular flexibility index (Phi) is 5.31. The molecule has 114 valence electrons. The highest BCUT2D eigenvalue weighted by molar-refractivity contribution is 6.05. The SMILES string of the molecule is C=CCOC(=O)c1c(CCCC(=O)O)ccc2ccccc12. The fourth-order valence-electron chi connectivity index (χ4n) is 2.40. The van der Waals surface area contributed by atoms with Crippen molar-refractivity contribution in [3.05, 3.63) is 60.2 Å². The fourth-order valence-corrected chi connectivity index (χ4v) is 2.40. The standard InChI is InChI=1S/C18H18O4/c1-2-12-22-18(21)17-14(7-5-9-16(19)20)11-10-13-6-3-4-8-15(13)17/h2-4,6,8,10-11H,1,5,7,9,12H2,(H,19,20). The largest absolute Gasteiger partial charge is 0.481 e. The van der Waals surface area contributed by atoms with E-state index < -0.39 is 11.9 Å². The van der Waals surface area contributed by atoms with Crippen LogP contribution in [0.5, 0.6) is 0 Å². The molecule has 0 bridgehead atoms. The molecule has 0 saturated carbocycles. The first-order valence-corrected chi connectivity index (χ1v) is 7.14. The van der Waals surface area contributed by atoms with E-state index in [-0.39, 0.29) is 13.0 Å². The number of carboxylic acids is 1. The van der Waals surface area contributed by atoms with Gasteiger partial charge in [0.15, 0.2) is 0 Å². The summed E-state index contributed by atoms with van der Waals surface area (Å²) in [6.07, 6.45) is 2.60. The number of carboxylic acid groups (broad SMARTS) is 1. The Balaban J connectivity index is 2.38. The first kappa shape index (κ1) is 15.8. The minimum absolute atomic E-state index is 0.0774. The first-order valence-electron chi connectivity index (χ1n) is 7.14. The van der Waals surface area contributed by atoms with Gasteiger partial charge in [-0.05, 0) is 29.2 Å². The summed E-state index contributed by atoms with van der Waals surface area (Å²) in [4.78, 5) is 23.0. The van der Waals surface area contributed by atoms with Gasteiger partial charge in [-0.2, -0.15) is 0 Å². The van der Waals surface area contributed by atoms with E-state index in [1.165, 1.54) is 6.08 Å². The van der Waals surface area contributed by atoms with Crippen molar-refractivity contribution in [1.82, 2.24) is 0 Å². The second-order valence-corrected chi connectivity index (χ2v) is 4.96. The zero-order valence-electron chi connectivity index (χ0n) is 12.2. The zero-order valence-corrected chi connectivity index (χ0v) is 12.2. The Morgan fingerprint density at radius 1 is 1.18 bits per heavy atom. The number of carbonyl (C=O) groups excluding carboxylic acids is 1. The van der Waals surface area contributed by atoms with Gasteiger partial charge in [-0.1, -0.05) is 49.1 Å². The summed E-state index contributed by atoms with van der Waals surface area (Å²) in [5.41, 5.74) is 1.33. The predicted octanol–water partition coefficient (Wildman–Crippen LogP) is 3.59. The molecule has 0 saturated heterocycles. The Bertz CT molecular complexity index is 703. The summed E-state index contributed by atoms with van der Waals surface area (Å²) in [7, 11) is 0. The molecule has 0 aliphatic rings. The summed E-state index contributed by atoms with van der Waals surface area (Å²) in [6, 6.07) is 11.4. The lowest BCUT2D eigenvalue weighted by atomic mass is 9.95. The van der Waals surface area contributed by atoms with Gasteiger partial charge in [0.25, 0.3) is 0 Å². The number of benzene rings is 2. The van der Waals surface area contributed by atoms with Crippen molar-refractivity contribution >= 4 is 22.7 Å². The summed E-state index contributed by atoms with van der Waals surface area (Å²) < 4.78 is 5.18. The van der Waals surface area contributed by atoms with Gasteiger partial charge in [0.1, 0.15) is 6.61 Å². The van der Waals surface area contributed by atoms with E-state index in [9.17, 15) is 9.59 Å². The number of hydrogen-bond donors (Lipinski definition) is 1. The van der Waals surface area contributed by atoms with Gasteiger partial charge >= 0.3 is 11.9 Å². The number of aryl methyl sites for hydroxylation is 1. The summed E-state index contributed by atoms with van der Waals surface area (Å²) >= 11 is 0. The van der Waals surface area contributed by atoms with Gasteiger partial charge in [0.2, 0.25) is 0 Å². The predicted molar refractivity (Wildman–Crippen MR) is 85.0 cm³/mol. The second kappa shape index (κ2) is 7.41. The third-order valence-electron chi connectivity index (χ3n) is 3.39. The third kappa shape index (κ3) is 3.73. The van der Waals surface area contributed by atoms with Crippen LogP contribution in [0.1, 0.15) is 28.8 Å². The molecule has 2 rings (SSSR count). The highest BCUT2D eigenvalue weighted by Gasteiger charge is 2.16. The van der Waals surface area contributed by atoms with E-state index in [4.69, 9.17) is 9.84 Å². The molecule has 0 fully saturated rings. The van der Waals surface area contributed by atoms with Gasteiger partial charge in [-0.25, -0.2) is 4.79 Å². The Morgan fingerprint density at radius 3 is 2.68 bits per heavy atom. The molecular formula is C18H18O4. The van der Waals surface area contributed by atoms with E-state index in [1.807, 2.05) is 36.4 Å². The highest BCUT2D eigenvalue weighted by atomic mass is 16.5. The number of aliphatic carboxylic acids is 1. The van der Waals surface area contributed by atoms with Crippen LogP contribution in [0.15, 0.2) is 49.1 Å². The smallest absolute Gasteiger partial charge is 0.339 e. The molecule has 0 heterocycles. The number of hydrogen-bond acceptors (Lipinski definition) is 3. The minimum Gasteiger partial charge on any atom is -0.481 e. The maximum atomic E-state index is 12.3. The van der Waals surface area contributed by atoms with Crippen LogP contribution in [-0.2, 0) is 16.0 Å². The lowest BCUT2D eigenvalue weighted by molar-refractivity contribution is -0.137. The van der Waals surface area contributed by atoms with Gasteiger partial charge in [0.05, 0.1) is 5.56 Å². The zero-order chi connectivity index (χ0) is 15.9. The van der Waals surface area contributed by atoms with Crippen LogP contribution in [0.2, 0.25) is 0 Å². The Morgan fingerprint density at radius 2 is 1.95 bits per heavy atom. The van der Waals surface area contributed by atoms with E-state index >= 15 is 0 Å². The quantitative estimate of drug-likeness (QED) is 0.626. The van der Waals surface area contributed by atoms with Crippen molar-refractivity contribution in [2.24, 2.45) is 0 Å². The molecular weight excluding hydrogens is 280 g/mol. The van der Waals surface area contributed by atoms with E-state index in [0.29, 0.717) is 18.4 Å². The molecule has 0 unspecified atom stereocenters. The number of rotatable bonds is 7. The number of ether oxygens (including phenoxy) is 1. The van der Waals surface area contributed by atoms with Crippen molar-refractivity contribution in [2.45, 2.75) is 19.3 Å². The average Bonchev–Trinajstić information content (AvgIpc) is 2.52. The van der Waals surface area contributed by atoms with Crippen LogP contribution >= 0.6 is 0 Å². The normalized spacial score (nSPS) is 10.4. The summed E-state index contributed by atoms with van der Waals surface area (Å²) in [6.45, 7) is 3.69. The molecule has 2 aromatic rings. The number of esters is 1. The van der Waals surface area contributed by atoms with Crippen molar-refractivity contribution in [1.29, 1.82) is 0 Å². The minimum atomic E-state index is -0.837. The molecule has 0 amide bonds. The lowest BCUT2D eigenvalue weighted by Crippen LogP contribution is -2.10. The Hall–Kier alpha value is -2.62. The first-order chi connectivity index (χ1) is 10.6. The molecule has 4 heteroatoms. The molecule has 0 aliphatic carbocycles. The fraction of sp³-hybridized carbons (Fsp3) is 0.222. The molecule has 0 radical (unpaired) electrons. The van der Waals surface area contributed by atoms with Gasteiger partial charge in [-0.15, -0.1) is 0 Å². The van der Waals surface area contributed by atoms with E-state index in [2.05, 4.69) is 6.58 Å². The monoisotopic (exact) mass is 298 g/mol. The van der Waals surface area contributed by atoms with Crippen molar-refractivity contribution in [3.63, 3.8) is 0 Å². The number of fused-ring (bicyclic) bond motifs is 1. The molecule has 0 atom stereocenters. The molecule has 1 N–H and O–H groups in total.